The second-order valence-corrected chi connectivity index (χ2v) is 5.67. The number of carbonyl (C=O) groups is 2. The maximum absolute atomic E-state index is 12.5. The van der Waals surface area contributed by atoms with Crippen molar-refractivity contribution in [1.82, 2.24) is 4.90 Å². The van der Waals surface area contributed by atoms with Crippen LogP contribution in [0.1, 0.15) is 32.1 Å². The zero-order valence-corrected chi connectivity index (χ0v) is 11.3. The lowest BCUT2D eigenvalue weighted by molar-refractivity contribution is -0.142. The van der Waals surface area contributed by atoms with Crippen LogP contribution in [0.4, 0.5) is 0 Å². The average molecular weight is 269 g/mol. The van der Waals surface area contributed by atoms with E-state index >= 15 is 0 Å². The van der Waals surface area contributed by atoms with Gasteiger partial charge in [-0.2, -0.15) is 0 Å². The molecular weight excluding hydrogens is 246 g/mol. The van der Waals surface area contributed by atoms with Crippen LogP contribution in [-0.2, 0) is 14.3 Å². The smallest absolute Gasteiger partial charge is 0.242 e. The molecule has 0 bridgehead atoms. The number of ether oxygens (including phenoxy) is 1. The quantitative estimate of drug-likeness (QED) is 0.729. The predicted octanol–water partition coefficient (Wildman–Crippen LogP) is -0.392. The molecule has 0 aromatic heterocycles. The summed E-state index contributed by atoms with van der Waals surface area (Å²) in [6.45, 7) is 2.47. The van der Waals surface area contributed by atoms with E-state index in [1.165, 1.54) is 0 Å². The van der Waals surface area contributed by atoms with Crippen molar-refractivity contribution in [2.45, 2.75) is 37.6 Å². The molecule has 2 heterocycles. The molecule has 0 atom stereocenters. The third kappa shape index (κ3) is 3.45. The third-order valence-electron chi connectivity index (χ3n) is 4.20. The first-order valence-electron chi connectivity index (χ1n) is 6.95. The van der Waals surface area contributed by atoms with Gasteiger partial charge in [0.15, 0.2) is 0 Å². The molecular formula is C13H23N3O3. The number of likely N-dealkylation sites (tertiary alicyclic amines) is 1. The largest absolute Gasteiger partial charge is 0.381 e. The van der Waals surface area contributed by atoms with Crippen LogP contribution in [0.3, 0.4) is 0 Å². The highest BCUT2D eigenvalue weighted by Crippen LogP contribution is 2.25. The normalized spacial score (nSPS) is 24.2. The SMILES string of the molecule is NC(=O)CC1CCN(C(=O)C2(N)CCOCC2)CC1. The topological polar surface area (TPSA) is 98.7 Å². The van der Waals surface area contributed by atoms with Crippen molar-refractivity contribution in [2.24, 2.45) is 17.4 Å². The van der Waals surface area contributed by atoms with E-state index < -0.39 is 5.54 Å². The molecule has 2 saturated heterocycles. The van der Waals surface area contributed by atoms with Crippen LogP contribution in [0.5, 0.6) is 0 Å². The van der Waals surface area contributed by atoms with Gasteiger partial charge >= 0.3 is 0 Å². The second kappa shape index (κ2) is 5.88. The molecule has 4 N–H and O–H groups in total. The molecule has 0 spiro atoms. The lowest BCUT2D eigenvalue weighted by Gasteiger charge is -2.39. The van der Waals surface area contributed by atoms with Crippen molar-refractivity contribution < 1.29 is 14.3 Å². The van der Waals surface area contributed by atoms with Crippen LogP contribution >= 0.6 is 0 Å². The van der Waals surface area contributed by atoms with E-state index in [0.29, 0.717) is 51.5 Å². The number of hydrogen-bond donors (Lipinski definition) is 2. The summed E-state index contributed by atoms with van der Waals surface area (Å²) >= 11 is 0. The molecule has 19 heavy (non-hydrogen) atoms. The van der Waals surface area contributed by atoms with Crippen molar-refractivity contribution in [2.75, 3.05) is 26.3 Å². The Morgan fingerprint density at radius 1 is 1.21 bits per heavy atom. The van der Waals surface area contributed by atoms with Crippen molar-refractivity contribution in [3.05, 3.63) is 0 Å². The highest BCUT2D eigenvalue weighted by atomic mass is 16.5. The van der Waals surface area contributed by atoms with E-state index in [1.807, 2.05) is 4.90 Å². The Bertz CT molecular complexity index is 345. The van der Waals surface area contributed by atoms with Gasteiger partial charge < -0.3 is 21.1 Å². The Labute approximate surface area is 113 Å². The summed E-state index contributed by atoms with van der Waals surface area (Å²) in [5.74, 6) is 0.0859. The third-order valence-corrected chi connectivity index (χ3v) is 4.20. The minimum absolute atomic E-state index is 0.0355. The summed E-state index contributed by atoms with van der Waals surface area (Å²) in [4.78, 5) is 25.2. The lowest BCUT2D eigenvalue weighted by Crippen LogP contribution is -2.59. The zero-order valence-electron chi connectivity index (χ0n) is 11.3. The Kier molecular flexibility index (Phi) is 4.42. The Balaban J connectivity index is 1.86. The van der Waals surface area contributed by atoms with Crippen molar-refractivity contribution >= 4 is 11.8 Å². The van der Waals surface area contributed by atoms with Gasteiger partial charge in [-0.1, -0.05) is 0 Å². The Hall–Kier alpha value is -1.14. The van der Waals surface area contributed by atoms with Crippen LogP contribution in [0, 0.1) is 5.92 Å². The molecule has 2 aliphatic heterocycles. The summed E-state index contributed by atoms with van der Waals surface area (Å²) in [6.07, 6.45) is 3.27. The standard InChI is InChI=1S/C13H23N3O3/c14-11(17)9-10-1-5-16(6-2-10)12(18)13(15)3-7-19-8-4-13/h10H,1-9,15H2,(H2,14,17). The molecule has 2 amide bonds. The number of rotatable bonds is 3. The molecule has 6 nitrogen and oxygen atoms in total. The summed E-state index contributed by atoms with van der Waals surface area (Å²) in [5.41, 5.74) is 10.7. The molecule has 0 aliphatic carbocycles. The van der Waals surface area contributed by atoms with Crippen LogP contribution < -0.4 is 11.5 Å². The Morgan fingerprint density at radius 2 is 1.79 bits per heavy atom. The summed E-state index contributed by atoms with van der Waals surface area (Å²) < 4.78 is 5.26. The number of nitrogens with two attached hydrogens (primary N) is 2. The van der Waals surface area contributed by atoms with Crippen LogP contribution in [-0.4, -0.2) is 48.6 Å². The number of hydrogen-bond acceptors (Lipinski definition) is 4. The lowest BCUT2D eigenvalue weighted by atomic mass is 9.87. The first kappa shape index (κ1) is 14.3. The number of carbonyl (C=O) groups excluding carboxylic acids is 2. The van der Waals surface area contributed by atoms with E-state index in [9.17, 15) is 9.59 Å². The van der Waals surface area contributed by atoms with Crippen molar-refractivity contribution in [3.63, 3.8) is 0 Å². The van der Waals surface area contributed by atoms with Gasteiger partial charge in [0.1, 0.15) is 0 Å². The second-order valence-electron chi connectivity index (χ2n) is 5.67. The van der Waals surface area contributed by atoms with Crippen molar-refractivity contribution in [3.8, 4) is 0 Å². The van der Waals surface area contributed by atoms with Gasteiger partial charge in [0.25, 0.3) is 0 Å². The molecule has 0 aromatic carbocycles. The minimum atomic E-state index is -0.755. The van der Waals surface area contributed by atoms with E-state index in [1.54, 1.807) is 0 Å². The molecule has 6 heteroatoms. The minimum Gasteiger partial charge on any atom is -0.381 e. The first-order valence-corrected chi connectivity index (χ1v) is 6.95. The van der Waals surface area contributed by atoms with Crippen LogP contribution in [0.15, 0.2) is 0 Å². The van der Waals surface area contributed by atoms with E-state index in [4.69, 9.17) is 16.2 Å². The fourth-order valence-corrected chi connectivity index (χ4v) is 2.89. The van der Waals surface area contributed by atoms with E-state index in [2.05, 4.69) is 0 Å². The molecule has 2 rings (SSSR count). The number of primary amides is 1. The summed E-state index contributed by atoms with van der Waals surface area (Å²) in [6, 6.07) is 0. The van der Waals surface area contributed by atoms with Gasteiger partial charge in [-0.05, 0) is 31.6 Å². The predicted molar refractivity (Wildman–Crippen MR) is 70.1 cm³/mol. The first-order chi connectivity index (χ1) is 9.01. The monoisotopic (exact) mass is 269 g/mol. The van der Waals surface area contributed by atoms with Crippen LogP contribution in [0.2, 0.25) is 0 Å². The fourth-order valence-electron chi connectivity index (χ4n) is 2.89. The number of piperidine rings is 1. The van der Waals surface area contributed by atoms with Gasteiger partial charge in [-0.25, -0.2) is 0 Å². The highest BCUT2D eigenvalue weighted by Gasteiger charge is 2.39. The summed E-state index contributed by atoms with van der Waals surface area (Å²) in [7, 11) is 0. The molecule has 0 saturated carbocycles. The number of nitrogens with zero attached hydrogens (tertiary/aromatic N) is 1. The maximum Gasteiger partial charge on any atom is 0.242 e. The molecule has 108 valence electrons. The highest BCUT2D eigenvalue weighted by molar-refractivity contribution is 5.86. The summed E-state index contributed by atoms with van der Waals surface area (Å²) in [5, 5.41) is 0. The Morgan fingerprint density at radius 3 is 2.32 bits per heavy atom. The number of amides is 2. The van der Waals surface area contributed by atoms with Gasteiger partial charge in [-0.3, -0.25) is 9.59 Å². The van der Waals surface area contributed by atoms with Crippen LogP contribution in [0.25, 0.3) is 0 Å². The van der Waals surface area contributed by atoms with Gasteiger partial charge in [0.05, 0.1) is 5.54 Å². The average Bonchev–Trinajstić information content (AvgIpc) is 2.39. The zero-order chi connectivity index (χ0) is 13.9. The molecule has 0 radical (unpaired) electrons. The van der Waals surface area contributed by atoms with E-state index in [0.717, 1.165) is 12.8 Å². The van der Waals surface area contributed by atoms with Gasteiger partial charge in [0, 0.05) is 32.7 Å². The molecule has 2 fully saturated rings. The molecule has 0 aromatic rings. The molecule has 2 aliphatic rings. The van der Waals surface area contributed by atoms with Crippen molar-refractivity contribution in [1.29, 1.82) is 0 Å². The fraction of sp³-hybridized carbons (Fsp3) is 0.846. The molecule has 0 unspecified atom stereocenters. The van der Waals surface area contributed by atoms with E-state index in [-0.39, 0.29) is 11.8 Å². The maximum atomic E-state index is 12.5. The van der Waals surface area contributed by atoms with Gasteiger partial charge in [0.2, 0.25) is 11.8 Å². The van der Waals surface area contributed by atoms with Gasteiger partial charge in [-0.15, -0.1) is 0 Å².